The zero-order chi connectivity index (χ0) is 11.2. The molecular weight excluding hydrogens is 224 g/mol. The predicted octanol–water partition coefficient (Wildman–Crippen LogP) is 0.797. The molecule has 0 bridgehead atoms. The Bertz CT molecular complexity index is 445. The number of hydrogen-bond donors (Lipinski definition) is 1. The third-order valence-electron chi connectivity index (χ3n) is 2.00. The van der Waals surface area contributed by atoms with Crippen LogP contribution in [0.5, 0.6) is 0 Å². The van der Waals surface area contributed by atoms with Crippen LogP contribution in [0.15, 0.2) is 29.6 Å². The first-order chi connectivity index (χ1) is 7.92. The molecule has 86 valence electrons. The highest BCUT2D eigenvalue weighted by molar-refractivity contribution is 7.99. The van der Waals surface area contributed by atoms with Gasteiger partial charge in [-0.3, -0.25) is 4.40 Å². The Hall–Kier alpha value is -1.11. The summed E-state index contributed by atoms with van der Waals surface area (Å²) >= 11 is 1.63. The molecule has 16 heavy (non-hydrogen) atoms. The fourth-order valence-electron chi connectivity index (χ4n) is 1.30. The summed E-state index contributed by atoms with van der Waals surface area (Å²) in [7, 11) is 0. The summed E-state index contributed by atoms with van der Waals surface area (Å²) in [5.74, 6) is 0.857. The molecule has 0 unspecified atom stereocenters. The van der Waals surface area contributed by atoms with Crippen LogP contribution in [0.3, 0.4) is 0 Å². The average molecular weight is 238 g/mol. The van der Waals surface area contributed by atoms with Crippen LogP contribution in [0.4, 0.5) is 0 Å². The summed E-state index contributed by atoms with van der Waals surface area (Å²) in [5, 5.41) is 9.07. The van der Waals surface area contributed by atoms with Crippen molar-refractivity contribution in [3.8, 4) is 0 Å². The molecule has 0 saturated heterocycles. The summed E-state index contributed by atoms with van der Waals surface area (Å²) in [5.41, 5.74) is 6.19. The maximum absolute atomic E-state index is 5.32. The third kappa shape index (κ3) is 2.72. The van der Waals surface area contributed by atoms with Gasteiger partial charge in [-0.25, -0.2) is 0 Å². The third-order valence-corrected chi connectivity index (χ3v) is 2.91. The fourth-order valence-corrected chi connectivity index (χ4v) is 2.07. The topological polar surface area (TPSA) is 65.4 Å². The van der Waals surface area contributed by atoms with Crippen molar-refractivity contribution in [3.63, 3.8) is 0 Å². The van der Waals surface area contributed by atoms with Gasteiger partial charge in [-0.1, -0.05) is 17.8 Å². The molecule has 6 heteroatoms. The summed E-state index contributed by atoms with van der Waals surface area (Å²) in [4.78, 5) is 0. The number of nitrogens with zero attached hydrogens (tertiary/aromatic N) is 3. The van der Waals surface area contributed by atoms with E-state index in [0.717, 1.165) is 16.6 Å². The molecule has 0 aliphatic rings. The van der Waals surface area contributed by atoms with Crippen LogP contribution in [0.25, 0.3) is 5.65 Å². The number of rotatable bonds is 6. The van der Waals surface area contributed by atoms with Gasteiger partial charge in [0.25, 0.3) is 0 Å². The zero-order valence-corrected chi connectivity index (χ0v) is 9.69. The van der Waals surface area contributed by atoms with E-state index >= 15 is 0 Å². The molecule has 2 rings (SSSR count). The van der Waals surface area contributed by atoms with Gasteiger partial charge in [0.15, 0.2) is 10.8 Å². The van der Waals surface area contributed by atoms with Gasteiger partial charge in [-0.2, -0.15) is 0 Å². The fraction of sp³-hybridized carbons (Fsp3) is 0.400. The van der Waals surface area contributed by atoms with Crippen molar-refractivity contribution in [1.82, 2.24) is 14.6 Å². The Labute approximate surface area is 98.0 Å². The molecule has 2 heterocycles. The average Bonchev–Trinajstić information content (AvgIpc) is 2.73. The predicted molar refractivity (Wildman–Crippen MR) is 63.6 cm³/mol. The van der Waals surface area contributed by atoms with E-state index in [1.165, 1.54) is 0 Å². The summed E-state index contributed by atoms with van der Waals surface area (Å²) in [6.07, 6.45) is 1.96. The smallest absolute Gasteiger partial charge is 0.195 e. The van der Waals surface area contributed by atoms with E-state index in [1.807, 2.05) is 28.8 Å². The van der Waals surface area contributed by atoms with E-state index in [-0.39, 0.29) is 0 Å². The standard InChI is InChI=1S/C10H14N4OS/c11-4-6-15-7-8-16-10-13-12-9-3-1-2-5-14(9)10/h1-3,5H,4,6-8,11H2. The molecule has 0 aliphatic heterocycles. The first-order valence-corrected chi connectivity index (χ1v) is 6.11. The molecule has 0 atom stereocenters. The van der Waals surface area contributed by atoms with E-state index in [0.29, 0.717) is 19.8 Å². The van der Waals surface area contributed by atoms with Gasteiger partial charge < -0.3 is 10.5 Å². The maximum atomic E-state index is 5.32. The van der Waals surface area contributed by atoms with Gasteiger partial charge in [0.1, 0.15) is 0 Å². The number of pyridine rings is 1. The maximum Gasteiger partial charge on any atom is 0.195 e. The van der Waals surface area contributed by atoms with Crippen LogP contribution >= 0.6 is 11.8 Å². The second-order valence-corrected chi connectivity index (χ2v) is 4.22. The molecular formula is C10H14N4OS. The lowest BCUT2D eigenvalue weighted by atomic mass is 10.5. The van der Waals surface area contributed by atoms with Gasteiger partial charge in [0, 0.05) is 18.5 Å². The minimum Gasteiger partial charge on any atom is -0.379 e. The lowest BCUT2D eigenvalue weighted by Crippen LogP contribution is -2.09. The van der Waals surface area contributed by atoms with Gasteiger partial charge in [-0.15, -0.1) is 10.2 Å². The minimum atomic E-state index is 0.568. The van der Waals surface area contributed by atoms with Crippen molar-refractivity contribution in [3.05, 3.63) is 24.4 Å². The molecule has 0 aliphatic carbocycles. The first-order valence-electron chi connectivity index (χ1n) is 5.12. The molecule has 0 spiro atoms. The van der Waals surface area contributed by atoms with Crippen LogP contribution in [-0.2, 0) is 4.74 Å². The summed E-state index contributed by atoms with van der Waals surface area (Å²) in [6.45, 7) is 1.86. The van der Waals surface area contributed by atoms with Gasteiger partial charge in [0.05, 0.1) is 13.2 Å². The molecule has 2 N–H and O–H groups in total. The Kier molecular flexibility index (Phi) is 4.15. The lowest BCUT2D eigenvalue weighted by molar-refractivity contribution is 0.158. The molecule has 0 radical (unpaired) electrons. The second kappa shape index (κ2) is 5.83. The van der Waals surface area contributed by atoms with Crippen LogP contribution in [-0.4, -0.2) is 40.1 Å². The van der Waals surface area contributed by atoms with E-state index < -0.39 is 0 Å². The van der Waals surface area contributed by atoms with Crippen molar-refractivity contribution in [2.24, 2.45) is 5.73 Å². The van der Waals surface area contributed by atoms with Crippen molar-refractivity contribution in [1.29, 1.82) is 0 Å². The number of thioether (sulfide) groups is 1. The largest absolute Gasteiger partial charge is 0.379 e. The Balaban J connectivity index is 1.89. The van der Waals surface area contributed by atoms with E-state index in [1.54, 1.807) is 11.8 Å². The molecule has 5 nitrogen and oxygen atoms in total. The van der Waals surface area contributed by atoms with Crippen LogP contribution in [0.2, 0.25) is 0 Å². The molecule has 0 saturated carbocycles. The molecule has 2 aromatic heterocycles. The lowest BCUT2D eigenvalue weighted by Gasteiger charge is -2.01. The van der Waals surface area contributed by atoms with Gasteiger partial charge in [-0.05, 0) is 12.1 Å². The quantitative estimate of drug-likeness (QED) is 0.595. The van der Waals surface area contributed by atoms with Gasteiger partial charge in [0.2, 0.25) is 0 Å². The highest BCUT2D eigenvalue weighted by Crippen LogP contribution is 2.15. The molecule has 0 fully saturated rings. The highest BCUT2D eigenvalue weighted by Gasteiger charge is 2.03. The molecule has 0 aromatic carbocycles. The first kappa shape index (κ1) is 11.4. The molecule has 2 aromatic rings. The Morgan fingerprint density at radius 2 is 2.25 bits per heavy atom. The summed E-state index contributed by atoms with van der Waals surface area (Å²) < 4.78 is 7.26. The van der Waals surface area contributed by atoms with Crippen LogP contribution in [0, 0.1) is 0 Å². The van der Waals surface area contributed by atoms with Crippen LogP contribution < -0.4 is 5.73 Å². The normalized spacial score (nSPS) is 11.1. The van der Waals surface area contributed by atoms with E-state index in [9.17, 15) is 0 Å². The highest BCUT2D eigenvalue weighted by atomic mass is 32.2. The number of nitrogens with two attached hydrogens (primary N) is 1. The van der Waals surface area contributed by atoms with Gasteiger partial charge >= 0.3 is 0 Å². The Morgan fingerprint density at radius 3 is 3.12 bits per heavy atom. The van der Waals surface area contributed by atoms with Crippen molar-refractivity contribution >= 4 is 17.4 Å². The summed E-state index contributed by atoms with van der Waals surface area (Å²) in [6, 6.07) is 5.84. The number of fused-ring (bicyclic) bond motifs is 1. The minimum absolute atomic E-state index is 0.568. The number of ether oxygens (including phenoxy) is 1. The molecule has 0 amide bonds. The second-order valence-electron chi connectivity index (χ2n) is 3.16. The van der Waals surface area contributed by atoms with E-state index in [4.69, 9.17) is 10.5 Å². The van der Waals surface area contributed by atoms with Crippen molar-refractivity contribution in [2.45, 2.75) is 5.16 Å². The van der Waals surface area contributed by atoms with E-state index in [2.05, 4.69) is 10.2 Å². The number of aromatic nitrogens is 3. The number of hydrogen-bond acceptors (Lipinski definition) is 5. The Morgan fingerprint density at radius 1 is 1.31 bits per heavy atom. The van der Waals surface area contributed by atoms with Crippen LogP contribution in [0.1, 0.15) is 0 Å². The van der Waals surface area contributed by atoms with Crippen molar-refractivity contribution < 1.29 is 4.74 Å². The zero-order valence-electron chi connectivity index (χ0n) is 8.87. The SMILES string of the molecule is NCCOCCSc1nnc2ccccn12. The monoisotopic (exact) mass is 238 g/mol. The van der Waals surface area contributed by atoms with Crippen molar-refractivity contribution in [2.75, 3.05) is 25.5 Å².